The van der Waals surface area contributed by atoms with Crippen molar-refractivity contribution in [3.63, 3.8) is 0 Å². The molecular formula is C18H24N2O3. The van der Waals surface area contributed by atoms with Gasteiger partial charge in [0.15, 0.2) is 5.78 Å². The number of aliphatic hydroxyl groups is 1. The minimum Gasteiger partial charge on any atom is -0.511 e. The van der Waals surface area contributed by atoms with Crippen molar-refractivity contribution in [2.45, 2.75) is 18.8 Å². The molecule has 5 heteroatoms. The van der Waals surface area contributed by atoms with E-state index in [9.17, 15) is 9.90 Å². The van der Waals surface area contributed by atoms with Gasteiger partial charge in [-0.05, 0) is 37.7 Å². The molecule has 1 aliphatic rings. The van der Waals surface area contributed by atoms with Gasteiger partial charge in [0.25, 0.3) is 0 Å². The van der Waals surface area contributed by atoms with Crippen LogP contribution < -0.4 is 4.74 Å². The maximum absolute atomic E-state index is 12.3. The van der Waals surface area contributed by atoms with E-state index in [2.05, 4.69) is 4.99 Å². The lowest BCUT2D eigenvalue weighted by atomic mass is 9.83. The second kappa shape index (κ2) is 7.92. The van der Waals surface area contributed by atoms with Gasteiger partial charge in [0.2, 0.25) is 0 Å². The third-order valence-electron chi connectivity index (χ3n) is 3.94. The molecule has 0 heterocycles. The Balaban J connectivity index is 2.09. The van der Waals surface area contributed by atoms with Gasteiger partial charge in [-0.2, -0.15) is 0 Å². The number of carbonyl (C=O) groups excluding carboxylic acids is 1. The van der Waals surface area contributed by atoms with E-state index in [0.29, 0.717) is 25.0 Å². The van der Waals surface area contributed by atoms with Crippen molar-refractivity contribution in [2.75, 3.05) is 34.3 Å². The van der Waals surface area contributed by atoms with Crippen LogP contribution in [0.15, 0.2) is 40.6 Å². The number of carbonyl (C=O) groups is 1. The predicted octanol–water partition coefficient (Wildman–Crippen LogP) is 2.59. The Morgan fingerprint density at radius 2 is 2.17 bits per heavy atom. The number of likely N-dealkylation sites (N-methyl/N-ethyl adjacent to an activating group) is 1. The molecule has 0 fully saturated rings. The van der Waals surface area contributed by atoms with Crippen LogP contribution in [0.5, 0.6) is 5.75 Å². The summed E-state index contributed by atoms with van der Waals surface area (Å²) in [5, 5.41) is 10.2. The van der Waals surface area contributed by atoms with Gasteiger partial charge >= 0.3 is 0 Å². The lowest BCUT2D eigenvalue weighted by Crippen LogP contribution is -2.20. The first kappa shape index (κ1) is 17.2. The third-order valence-corrected chi connectivity index (χ3v) is 3.94. The Bertz CT molecular complexity index is 620. The van der Waals surface area contributed by atoms with Crippen molar-refractivity contribution in [2.24, 2.45) is 4.99 Å². The summed E-state index contributed by atoms with van der Waals surface area (Å²) in [7, 11) is 5.55. The molecule has 0 bridgehead atoms. The highest BCUT2D eigenvalue weighted by Gasteiger charge is 2.27. The van der Waals surface area contributed by atoms with E-state index < -0.39 is 0 Å². The number of allylic oxidation sites excluding steroid dienone is 2. The summed E-state index contributed by atoms with van der Waals surface area (Å²) >= 11 is 0. The summed E-state index contributed by atoms with van der Waals surface area (Å²) in [6.07, 6.45) is 2.35. The van der Waals surface area contributed by atoms with Crippen LogP contribution in [0.1, 0.15) is 24.3 Å². The van der Waals surface area contributed by atoms with Crippen molar-refractivity contribution >= 4 is 12.0 Å². The van der Waals surface area contributed by atoms with Crippen LogP contribution in [0.4, 0.5) is 0 Å². The molecule has 5 nitrogen and oxygen atoms in total. The minimum atomic E-state index is -0.0600. The molecule has 1 aromatic carbocycles. The number of nitrogens with zero attached hydrogens (tertiary/aromatic N) is 2. The summed E-state index contributed by atoms with van der Waals surface area (Å²) < 4.78 is 5.22. The highest BCUT2D eigenvalue weighted by Crippen LogP contribution is 2.34. The fourth-order valence-corrected chi connectivity index (χ4v) is 2.60. The first-order valence-corrected chi connectivity index (χ1v) is 7.75. The maximum atomic E-state index is 12.3. The van der Waals surface area contributed by atoms with Gasteiger partial charge in [-0.3, -0.25) is 9.79 Å². The predicted molar refractivity (Wildman–Crippen MR) is 91.5 cm³/mol. The van der Waals surface area contributed by atoms with Crippen LogP contribution in [0.25, 0.3) is 0 Å². The molecule has 0 aromatic heterocycles. The van der Waals surface area contributed by atoms with E-state index in [1.807, 2.05) is 43.3 Å². The molecule has 2 rings (SSSR count). The number of Topliss-reactive ketones (excluding diaryl/α,β-unsaturated/α-hetero) is 1. The Kier molecular flexibility index (Phi) is 5.93. The van der Waals surface area contributed by atoms with Gasteiger partial charge in [-0.1, -0.05) is 12.1 Å². The van der Waals surface area contributed by atoms with Crippen LogP contribution in [-0.2, 0) is 4.79 Å². The molecule has 1 aliphatic carbocycles. The van der Waals surface area contributed by atoms with Crippen LogP contribution in [0.2, 0.25) is 0 Å². The summed E-state index contributed by atoms with van der Waals surface area (Å²) in [6.45, 7) is 1.42. The fourth-order valence-electron chi connectivity index (χ4n) is 2.60. The van der Waals surface area contributed by atoms with E-state index in [0.717, 1.165) is 17.9 Å². The fraction of sp³-hybridized carbons (Fsp3) is 0.444. The number of methoxy groups -OCH3 is 1. The number of rotatable bonds is 6. The molecule has 0 saturated carbocycles. The monoisotopic (exact) mass is 316 g/mol. The second-order valence-corrected chi connectivity index (χ2v) is 6.00. The van der Waals surface area contributed by atoms with Crippen LogP contribution in [0.3, 0.4) is 0 Å². The van der Waals surface area contributed by atoms with E-state index in [4.69, 9.17) is 4.74 Å². The van der Waals surface area contributed by atoms with Gasteiger partial charge in [0.1, 0.15) is 11.5 Å². The quantitative estimate of drug-likeness (QED) is 0.820. The van der Waals surface area contributed by atoms with Gasteiger partial charge in [0.05, 0.1) is 19.2 Å². The Morgan fingerprint density at radius 3 is 2.83 bits per heavy atom. The molecule has 1 aromatic rings. The number of hydrogen-bond donors (Lipinski definition) is 1. The van der Waals surface area contributed by atoms with Crippen molar-refractivity contribution in [3.8, 4) is 5.75 Å². The number of benzene rings is 1. The molecule has 1 unspecified atom stereocenters. The molecule has 23 heavy (non-hydrogen) atoms. The summed E-state index contributed by atoms with van der Waals surface area (Å²) in [4.78, 5) is 18.6. The number of ether oxygens (including phenoxy) is 1. The average Bonchev–Trinajstić information content (AvgIpc) is 2.53. The highest BCUT2D eigenvalue weighted by atomic mass is 16.5. The van der Waals surface area contributed by atoms with Gasteiger partial charge in [0, 0.05) is 25.6 Å². The lowest BCUT2D eigenvalue weighted by molar-refractivity contribution is -0.116. The van der Waals surface area contributed by atoms with E-state index >= 15 is 0 Å². The Labute approximate surface area is 137 Å². The molecule has 0 amide bonds. The summed E-state index contributed by atoms with van der Waals surface area (Å²) in [5.74, 6) is 0.809. The minimum absolute atomic E-state index is 0.0171. The summed E-state index contributed by atoms with van der Waals surface area (Å²) in [5.41, 5.74) is 1.36. The van der Waals surface area contributed by atoms with E-state index in [1.165, 1.54) is 6.21 Å². The summed E-state index contributed by atoms with van der Waals surface area (Å²) in [6, 6.07) is 7.65. The van der Waals surface area contributed by atoms with E-state index in [-0.39, 0.29) is 17.5 Å². The molecule has 0 saturated heterocycles. The van der Waals surface area contributed by atoms with Gasteiger partial charge in [-0.25, -0.2) is 0 Å². The SMILES string of the molecule is COc1cccc(C2CC(=O)C(C=NCCN(C)C)=C(O)C2)c1. The normalized spacial score (nSPS) is 19.0. The van der Waals surface area contributed by atoms with Crippen LogP contribution >= 0.6 is 0 Å². The molecule has 0 aliphatic heterocycles. The second-order valence-electron chi connectivity index (χ2n) is 6.00. The van der Waals surface area contributed by atoms with Gasteiger partial charge < -0.3 is 14.7 Å². The maximum Gasteiger partial charge on any atom is 0.168 e. The average molecular weight is 316 g/mol. The number of ketones is 1. The first-order valence-electron chi connectivity index (χ1n) is 7.75. The zero-order valence-corrected chi connectivity index (χ0v) is 14.0. The molecule has 124 valence electrons. The molecule has 0 spiro atoms. The van der Waals surface area contributed by atoms with Crippen LogP contribution in [-0.4, -0.2) is 56.3 Å². The number of aliphatic hydroxyl groups excluding tert-OH is 1. The largest absolute Gasteiger partial charge is 0.511 e. The topological polar surface area (TPSA) is 62.1 Å². The smallest absolute Gasteiger partial charge is 0.168 e. The van der Waals surface area contributed by atoms with E-state index in [1.54, 1.807) is 7.11 Å². The van der Waals surface area contributed by atoms with Gasteiger partial charge in [-0.15, -0.1) is 0 Å². The molecule has 1 atom stereocenters. The Hall–Kier alpha value is -2.14. The first-order chi connectivity index (χ1) is 11.0. The zero-order valence-electron chi connectivity index (χ0n) is 14.0. The third kappa shape index (κ3) is 4.66. The van der Waals surface area contributed by atoms with Crippen LogP contribution in [0, 0.1) is 0 Å². The zero-order chi connectivity index (χ0) is 16.8. The highest BCUT2D eigenvalue weighted by molar-refractivity contribution is 6.14. The van der Waals surface area contributed by atoms with Crippen molar-refractivity contribution < 1.29 is 14.6 Å². The molecular weight excluding hydrogens is 292 g/mol. The molecule has 0 radical (unpaired) electrons. The van der Waals surface area contributed by atoms with Crippen molar-refractivity contribution in [1.82, 2.24) is 4.90 Å². The van der Waals surface area contributed by atoms with Crippen molar-refractivity contribution in [3.05, 3.63) is 41.2 Å². The lowest BCUT2D eigenvalue weighted by Gasteiger charge is -2.22. The molecule has 1 N–H and O–H groups in total. The van der Waals surface area contributed by atoms with Crippen molar-refractivity contribution in [1.29, 1.82) is 0 Å². The Morgan fingerprint density at radius 1 is 1.39 bits per heavy atom. The standard InChI is InChI=1S/C18H24N2O3/c1-20(2)8-7-19-12-16-17(21)10-14(11-18(16)22)13-5-4-6-15(9-13)23-3/h4-6,9,12,14,21H,7-8,10-11H2,1-3H3. The number of aliphatic imine (C=N–C) groups is 1. The number of hydrogen-bond acceptors (Lipinski definition) is 5.